The fourth-order valence-corrected chi connectivity index (χ4v) is 4.56. The van der Waals surface area contributed by atoms with E-state index in [4.69, 9.17) is 0 Å². The molecular weight excluding hydrogens is 380 g/mol. The second-order valence-corrected chi connectivity index (χ2v) is 7.83. The minimum absolute atomic E-state index is 0.0777. The predicted octanol–water partition coefficient (Wildman–Crippen LogP) is 3.25. The third kappa shape index (κ3) is 3.22. The van der Waals surface area contributed by atoms with Gasteiger partial charge in [0.2, 0.25) is 0 Å². The number of pyridine rings is 1. The summed E-state index contributed by atoms with van der Waals surface area (Å²) in [7, 11) is 0. The number of hydrogen-bond donors (Lipinski definition) is 0. The van der Waals surface area contributed by atoms with Crippen molar-refractivity contribution < 1.29 is 0 Å². The molecule has 0 saturated heterocycles. The summed E-state index contributed by atoms with van der Waals surface area (Å²) in [6, 6.07) is 7.07. The Bertz CT molecular complexity index is 1290. The van der Waals surface area contributed by atoms with Crippen molar-refractivity contribution >= 4 is 39.0 Å². The monoisotopic (exact) mass is 396 g/mol. The number of allylic oxidation sites excluding steroid dienone is 1. The summed E-state index contributed by atoms with van der Waals surface area (Å²) in [6.07, 6.45) is 3.39. The maximum atomic E-state index is 12.7. The van der Waals surface area contributed by atoms with Gasteiger partial charge in [0, 0.05) is 24.6 Å². The normalized spacial score (nSPS) is 11.3. The van der Waals surface area contributed by atoms with Crippen LogP contribution in [0.2, 0.25) is 0 Å². The van der Waals surface area contributed by atoms with Crippen molar-refractivity contribution in [2.24, 2.45) is 0 Å². The van der Waals surface area contributed by atoms with E-state index in [1.807, 2.05) is 24.4 Å². The molecular formula is C19H16N4O2S2. The highest BCUT2D eigenvalue weighted by atomic mass is 32.2. The zero-order chi connectivity index (χ0) is 19.0. The number of nitrogens with zero attached hydrogens (tertiary/aromatic N) is 4. The molecule has 0 radical (unpaired) electrons. The summed E-state index contributed by atoms with van der Waals surface area (Å²) in [4.78, 5) is 35.0. The minimum atomic E-state index is -0.121. The predicted molar refractivity (Wildman–Crippen MR) is 110 cm³/mol. The van der Waals surface area contributed by atoms with Crippen LogP contribution in [0.1, 0.15) is 11.3 Å². The molecule has 4 heterocycles. The number of fused-ring (bicyclic) bond motifs is 2. The van der Waals surface area contributed by atoms with Crippen LogP contribution in [0.5, 0.6) is 0 Å². The van der Waals surface area contributed by atoms with Gasteiger partial charge >= 0.3 is 0 Å². The number of thiophene rings is 1. The Morgan fingerprint density at radius 1 is 1.30 bits per heavy atom. The number of aryl methyl sites for hydroxylation is 1. The van der Waals surface area contributed by atoms with Gasteiger partial charge in [0.05, 0.1) is 11.1 Å². The lowest BCUT2D eigenvalue weighted by atomic mass is 10.3. The van der Waals surface area contributed by atoms with E-state index >= 15 is 0 Å². The van der Waals surface area contributed by atoms with Crippen molar-refractivity contribution in [3.8, 4) is 0 Å². The van der Waals surface area contributed by atoms with Crippen molar-refractivity contribution in [2.75, 3.05) is 0 Å². The van der Waals surface area contributed by atoms with Crippen LogP contribution >= 0.6 is 23.1 Å². The SMILES string of the molecule is C=CCn1c(SCc2cc(=O)n3cccc(C)c3n2)nc2sccc2c1=O. The molecule has 4 rings (SSSR count). The molecule has 6 nitrogen and oxygen atoms in total. The molecule has 0 fully saturated rings. The molecule has 136 valence electrons. The van der Waals surface area contributed by atoms with Crippen LogP contribution in [-0.4, -0.2) is 18.9 Å². The number of thioether (sulfide) groups is 1. The van der Waals surface area contributed by atoms with Gasteiger partial charge in [0.25, 0.3) is 11.1 Å². The van der Waals surface area contributed by atoms with E-state index in [1.165, 1.54) is 33.6 Å². The molecule has 0 aromatic carbocycles. The van der Waals surface area contributed by atoms with E-state index in [9.17, 15) is 9.59 Å². The van der Waals surface area contributed by atoms with Crippen molar-refractivity contribution in [1.29, 1.82) is 0 Å². The van der Waals surface area contributed by atoms with Gasteiger partial charge < -0.3 is 0 Å². The fraction of sp³-hybridized carbons (Fsp3) is 0.158. The molecule has 0 atom stereocenters. The summed E-state index contributed by atoms with van der Waals surface area (Å²) in [5.74, 6) is 0.445. The first-order valence-corrected chi connectivity index (χ1v) is 10.1. The molecule has 8 heteroatoms. The topological polar surface area (TPSA) is 69.3 Å². The molecule has 0 unspecified atom stereocenters. The van der Waals surface area contributed by atoms with Crippen LogP contribution in [0.3, 0.4) is 0 Å². The van der Waals surface area contributed by atoms with E-state index in [0.717, 1.165) is 5.56 Å². The molecule has 0 saturated carbocycles. The molecule has 0 aliphatic carbocycles. The summed E-state index contributed by atoms with van der Waals surface area (Å²) in [5, 5.41) is 3.07. The van der Waals surface area contributed by atoms with Gasteiger partial charge in [-0.15, -0.1) is 17.9 Å². The van der Waals surface area contributed by atoms with Crippen molar-refractivity contribution in [3.63, 3.8) is 0 Å². The first-order valence-electron chi connectivity index (χ1n) is 8.28. The molecule has 0 amide bonds. The van der Waals surface area contributed by atoms with Crippen LogP contribution in [0, 0.1) is 6.92 Å². The zero-order valence-corrected chi connectivity index (χ0v) is 16.2. The fourth-order valence-electron chi connectivity index (χ4n) is 2.85. The molecule has 0 aliphatic rings. The lowest BCUT2D eigenvalue weighted by Gasteiger charge is -2.10. The Morgan fingerprint density at radius 2 is 2.15 bits per heavy atom. The van der Waals surface area contributed by atoms with Gasteiger partial charge in [0.1, 0.15) is 10.5 Å². The van der Waals surface area contributed by atoms with Crippen molar-refractivity contribution in [1.82, 2.24) is 18.9 Å². The van der Waals surface area contributed by atoms with Crippen molar-refractivity contribution in [2.45, 2.75) is 24.4 Å². The maximum absolute atomic E-state index is 12.7. The van der Waals surface area contributed by atoms with E-state index < -0.39 is 0 Å². The Morgan fingerprint density at radius 3 is 2.96 bits per heavy atom. The molecule has 27 heavy (non-hydrogen) atoms. The van der Waals surface area contributed by atoms with Gasteiger partial charge in [-0.3, -0.25) is 18.6 Å². The third-order valence-electron chi connectivity index (χ3n) is 4.15. The van der Waals surface area contributed by atoms with E-state index in [-0.39, 0.29) is 11.1 Å². The summed E-state index contributed by atoms with van der Waals surface area (Å²) < 4.78 is 3.14. The van der Waals surface area contributed by atoms with E-state index in [2.05, 4.69) is 16.5 Å². The van der Waals surface area contributed by atoms with Crippen LogP contribution in [0.4, 0.5) is 0 Å². The highest BCUT2D eigenvalue weighted by Crippen LogP contribution is 2.23. The Hall–Kier alpha value is -2.71. The zero-order valence-electron chi connectivity index (χ0n) is 14.6. The quantitative estimate of drug-likeness (QED) is 0.294. The second-order valence-electron chi connectivity index (χ2n) is 6.00. The minimum Gasteiger partial charge on any atom is -0.283 e. The van der Waals surface area contributed by atoms with Crippen molar-refractivity contribution in [3.05, 3.63) is 80.5 Å². The molecule has 4 aromatic rings. The third-order valence-corrected chi connectivity index (χ3v) is 5.97. The number of rotatable bonds is 5. The van der Waals surface area contributed by atoms with E-state index in [0.29, 0.717) is 39.0 Å². The summed E-state index contributed by atoms with van der Waals surface area (Å²) >= 11 is 2.83. The standard InChI is InChI=1S/C19H16N4O2S2/c1-3-7-23-18(25)14-6-9-26-17(14)21-19(23)27-11-13-10-15(24)22-8-4-5-12(2)16(22)20-13/h3-6,8-10H,1,7,11H2,2H3. The molecule has 0 N–H and O–H groups in total. The smallest absolute Gasteiger partial charge is 0.263 e. The highest BCUT2D eigenvalue weighted by Gasteiger charge is 2.13. The second kappa shape index (κ2) is 7.13. The maximum Gasteiger partial charge on any atom is 0.263 e. The Balaban J connectivity index is 1.73. The summed E-state index contributed by atoms with van der Waals surface area (Å²) in [5.41, 5.74) is 2.04. The lowest BCUT2D eigenvalue weighted by Crippen LogP contribution is -2.22. The molecule has 0 bridgehead atoms. The average Bonchev–Trinajstić information content (AvgIpc) is 3.12. The number of aromatic nitrogens is 4. The highest BCUT2D eigenvalue weighted by molar-refractivity contribution is 7.98. The van der Waals surface area contributed by atoms with Gasteiger partial charge in [0.15, 0.2) is 5.16 Å². The van der Waals surface area contributed by atoms with E-state index in [1.54, 1.807) is 22.9 Å². The van der Waals surface area contributed by atoms with Crippen LogP contribution in [0.25, 0.3) is 15.9 Å². The largest absolute Gasteiger partial charge is 0.283 e. The van der Waals surface area contributed by atoms with Crippen LogP contribution in [0.15, 0.2) is 63.2 Å². The van der Waals surface area contributed by atoms with Crippen LogP contribution < -0.4 is 11.1 Å². The summed E-state index contributed by atoms with van der Waals surface area (Å²) in [6.45, 7) is 6.03. The molecule has 0 spiro atoms. The first-order chi connectivity index (χ1) is 13.1. The first kappa shape index (κ1) is 17.7. The van der Waals surface area contributed by atoms with Gasteiger partial charge in [-0.05, 0) is 30.0 Å². The Kier molecular flexibility index (Phi) is 4.67. The average molecular weight is 396 g/mol. The molecule has 0 aliphatic heterocycles. The lowest BCUT2D eigenvalue weighted by molar-refractivity contribution is 0.672. The van der Waals surface area contributed by atoms with Gasteiger partial charge in [-0.2, -0.15) is 0 Å². The Labute approximate surface area is 162 Å². The van der Waals surface area contributed by atoms with Gasteiger partial charge in [-0.25, -0.2) is 9.97 Å². The molecule has 4 aromatic heterocycles. The van der Waals surface area contributed by atoms with Gasteiger partial charge in [-0.1, -0.05) is 23.9 Å². The number of hydrogen-bond acceptors (Lipinski definition) is 6. The van der Waals surface area contributed by atoms with Crippen LogP contribution in [-0.2, 0) is 12.3 Å².